The minimum Gasteiger partial charge on any atom is -0.328 e. The fraction of sp³-hybridized carbons (Fsp3) is 0.500. The van der Waals surface area contributed by atoms with Crippen molar-refractivity contribution in [3.8, 4) is 0 Å². The van der Waals surface area contributed by atoms with Gasteiger partial charge >= 0.3 is 0 Å². The second-order valence-electron chi connectivity index (χ2n) is 4.97. The van der Waals surface area contributed by atoms with Gasteiger partial charge in [0.15, 0.2) is 0 Å². The molecule has 2 rings (SSSR count). The van der Waals surface area contributed by atoms with Crippen molar-refractivity contribution in [3.05, 3.63) is 34.1 Å². The smallest absolute Gasteiger partial charge is 0.140 e. The summed E-state index contributed by atoms with van der Waals surface area (Å²) >= 11 is 3.20. The first-order valence-electron chi connectivity index (χ1n) is 6.29. The van der Waals surface area contributed by atoms with Crippen molar-refractivity contribution < 1.29 is 9.18 Å². The predicted octanol–water partition coefficient (Wildman–Crippen LogP) is 3.22. The Labute approximate surface area is 115 Å². The van der Waals surface area contributed by atoms with E-state index in [0.717, 1.165) is 31.2 Å². The van der Waals surface area contributed by atoms with E-state index in [2.05, 4.69) is 15.9 Å². The number of halogens is 2. The summed E-state index contributed by atoms with van der Waals surface area (Å²) < 4.78 is 13.8. The standard InChI is InChI=1S/C14H17BrFNO/c15-14-10(2-1-3-12(14)16)8-13(18)9-4-6-11(17)7-5-9/h1-3,9,11H,4-8,17H2. The average Bonchev–Trinajstić information content (AvgIpc) is 2.36. The molecule has 2 N–H and O–H groups in total. The molecule has 0 aromatic heterocycles. The molecule has 1 fully saturated rings. The zero-order valence-electron chi connectivity index (χ0n) is 10.2. The summed E-state index contributed by atoms with van der Waals surface area (Å²) in [6.45, 7) is 0. The third kappa shape index (κ3) is 3.18. The van der Waals surface area contributed by atoms with Gasteiger partial charge in [0.05, 0.1) is 4.47 Å². The molecule has 2 nitrogen and oxygen atoms in total. The summed E-state index contributed by atoms with van der Waals surface area (Å²) in [5.41, 5.74) is 6.56. The molecular formula is C14H17BrFNO. The van der Waals surface area contributed by atoms with E-state index in [4.69, 9.17) is 5.73 Å². The molecule has 0 bridgehead atoms. The number of carbonyl (C=O) groups is 1. The van der Waals surface area contributed by atoms with Crippen LogP contribution >= 0.6 is 15.9 Å². The van der Waals surface area contributed by atoms with Crippen molar-refractivity contribution in [2.45, 2.75) is 38.1 Å². The number of benzene rings is 1. The minimum atomic E-state index is -0.314. The summed E-state index contributed by atoms with van der Waals surface area (Å²) in [5, 5.41) is 0. The van der Waals surface area contributed by atoms with Crippen molar-refractivity contribution in [2.75, 3.05) is 0 Å². The van der Waals surface area contributed by atoms with Crippen LogP contribution < -0.4 is 5.73 Å². The highest BCUT2D eigenvalue weighted by Gasteiger charge is 2.25. The highest BCUT2D eigenvalue weighted by atomic mass is 79.9. The monoisotopic (exact) mass is 313 g/mol. The summed E-state index contributed by atoms with van der Waals surface area (Å²) in [6.07, 6.45) is 3.87. The lowest BCUT2D eigenvalue weighted by Gasteiger charge is -2.25. The lowest BCUT2D eigenvalue weighted by Crippen LogP contribution is -2.30. The molecule has 0 radical (unpaired) electrons. The second-order valence-corrected chi connectivity index (χ2v) is 5.76. The maximum atomic E-state index is 13.3. The Morgan fingerprint density at radius 2 is 2.00 bits per heavy atom. The molecule has 18 heavy (non-hydrogen) atoms. The van der Waals surface area contributed by atoms with Gasteiger partial charge in [-0.15, -0.1) is 0 Å². The molecule has 0 unspecified atom stereocenters. The van der Waals surface area contributed by atoms with E-state index in [9.17, 15) is 9.18 Å². The van der Waals surface area contributed by atoms with Crippen molar-refractivity contribution in [1.29, 1.82) is 0 Å². The zero-order valence-corrected chi connectivity index (χ0v) is 11.7. The lowest BCUT2D eigenvalue weighted by atomic mass is 9.82. The van der Waals surface area contributed by atoms with Gasteiger partial charge in [-0.05, 0) is 53.2 Å². The summed E-state index contributed by atoms with van der Waals surface area (Å²) in [5.74, 6) is -0.0147. The Morgan fingerprint density at radius 1 is 1.33 bits per heavy atom. The topological polar surface area (TPSA) is 43.1 Å². The summed E-state index contributed by atoms with van der Waals surface area (Å²) in [7, 11) is 0. The SMILES string of the molecule is NC1CCC(C(=O)Cc2cccc(F)c2Br)CC1. The first-order chi connectivity index (χ1) is 8.58. The van der Waals surface area contributed by atoms with Crippen molar-refractivity contribution in [3.63, 3.8) is 0 Å². The van der Waals surface area contributed by atoms with Crippen LogP contribution in [0.1, 0.15) is 31.2 Å². The largest absolute Gasteiger partial charge is 0.328 e. The number of hydrogen-bond acceptors (Lipinski definition) is 2. The maximum absolute atomic E-state index is 13.3. The van der Waals surface area contributed by atoms with Crippen LogP contribution in [0.2, 0.25) is 0 Å². The first kappa shape index (κ1) is 13.7. The number of ketones is 1. The van der Waals surface area contributed by atoms with Crippen LogP contribution in [0, 0.1) is 11.7 Å². The Bertz CT molecular complexity index is 441. The summed E-state index contributed by atoms with van der Waals surface area (Å²) in [4.78, 5) is 12.2. The molecular weight excluding hydrogens is 297 g/mol. The molecule has 0 amide bonds. The van der Waals surface area contributed by atoms with Gasteiger partial charge in [0.25, 0.3) is 0 Å². The molecule has 0 aliphatic heterocycles. The van der Waals surface area contributed by atoms with E-state index in [0.29, 0.717) is 10.9 Å². The van der Waals surface area contributed by atoms with Gasteiger partial charge in [0.1, 0.15) is 11.6 Å². The van der Waals surface area contributed by atoms with E-state index in [1.807, 2.05) is 0 Å². The van der Waals surface area contributed by atoms with Gasteiger partial charge in [-0.3, -0.25) is 4.79 Å². The van der Waals surface area contributed by atoms with Gasteiger partial charge in [0.2, 0.25) is 0 Å². The fourth-order valence-corrected chi connectivity index (χ4v) is 2.86. The highest BCUT2D eigenvalue weighted by molar-refractivity contribution is 9.10. The van der Waals surface area contributed by atoms with Crippen LogP contribution in [-0.2, 0) is 11.2 Å². The molecule has 0 saturated heterocycles. The third-order valence-electron chi connectivity index (χ3n) is 3.62. The molecule has 1 aliphatic rings. The van der Waals surface area contributed by atoms with Crippen molar-refractivity contribution >= 4 is 21.7 Å². The normalized spacial score (nSPS) is 23.9. The molecule has 4 heteroatoms. The number of rotatable bonds is 3. The van der Waals surface area contributed by atoms with Crippen molar-refractivity contribution in [1.82, 2.24) is 0 Å². The number of carbonyl (C=O) groups excluding carboxylic acids is 1. The molecule has 98 valence electrons. The molecule has 1 saturated carbocycles. The van der Waals surface area contributed by atoms with Gasteiger partial charge in [-0.1, -0.05) is 12.1 Å². The van der Waals surface area contributed by atoms with Gasteiger partial charge < -0.3 is 5.73 Å². The molecule has 1 aromatic carbocycles. The Hall–Kier alpha value is -0.740. The van der Waals surface area contributed by atoms with Crippen LogP contribution in [0.25, 0.3) is 0 Å². The summed E-state index contributed by atoms with van der Waals surface area (Å²) in [6, 6.07) is 5.06. The van der Waals surface area contributed by atoms with Crippen LogP contribution in [-0.4, -0.2) is 11.8 Å². The quantitative estimate of drug-likeness (QED) is 0.931. The number of Topliss-reactive ketones (excluding diaryl/α,β-unsaturated/α-hetero) is 1. The zero-order chi connectivity index (χ0) is 13.1. The highest BCUT2D eigenvalue weighted by Crippen LogP contribution is 2.27. The van der Waals surface area contributed by atoms with Crippen LogP contribution in [0.3, 0.4) is 0 Å². The lowest BCUT2D eigenvalue weighted by molar-refractivity contribution is -0.123. The Morgan fingerprint density at radius 3 is 2.67 bits per heavy atom. The van der Waals surface area contributed by atoms with E-state index >= 15 is 0 Å². The third-order valence-corrected chi connectivity index (χ3v) is 4.51. The van der Waals surface area contributed by atoms with E-state index in [-0.39, 0.29) is 23.6 Å². The van der Waals surface area contributed by atoms with E-state index in [1.165, 1.54) is 6.07 Å². The molecule has 0 heterocycles. The Kier molecular flexibility index (Phi) is 4.51. The molecule has 0 spiro atoms. The van der Waals surface area contributed by atoms with Crippen LogP contribution in [0.15, 0.2) is 22.7 Å². The number of nitrogens with two attached hydrogens (primary N) is 1. The van der Waals surface area contributed by atoms with Gasteiger partial charge in [-0.25, -0.2) is 4.39 Å². The molecule has 0 atom stereocenters. The molecule has 1 aliphatic carbocycles. The first-order valence-corrected chi connectivity index (χ1v) is 7.08. The van der Waals surface area contributed by atoms with Gasteiger partial charge in [0, 0.05) is 18.4 Å². The van der Waals surface area contributed by atoms with Crippen LogP contribution in [0.4, 0.5) is 4.39 Å². The molecule has 1 aromatic rings. The maximum Gasteiger partial charge on any atom is 0.140 e. The van der Waals surface area contributed by atoms with Gasteiger partial charge in [-0.2, -0.15) is 0 Å². The van der Waals surface area contributed by atoms with E-state index in [1.54, 1.807) is 12.1 Å². The van der Waals surface area contributed by atoms with E-state index < -0.39 is 0 Å². The fourth-order valence-electron chi connectivity index (χ4n) is 2.46. The van der Waals surface area contributed by atoms with Crippen LogP contribution in [0.5, 0.6) is 0 Å². The minimum absolute atomic E-state index is 0.0972. The Balaban J connectivity index is 2.01. The van der Waals surface area contributed by atoms with Crippen molar-refractivity contribution in [2.24, 2.45) is 11.7 Å². The average molecular weight is 314 g/mol. The predicted molar refractivity (Wildman–Crippen MR) is 72.7 cm³/mol. The number of hydrogen-bond donors (Lipinski definition) is 1. The second kappa shape index (κ2) is 5.93.